The summed E-state index contributed by atoms with van der Waals surface area (Å²) in [5.41, 5.74) is 0.571. The summed E-state index contributed by atoms with van der Waals surface area (Å²) >= 11 is 0. The van der Waals surface area contributed by atoms with Crippen molar-refractivity contribution in [3.8, 4) is 23.0 Å². The summed E-state index contributed by atoms with van der Waals surface area (Å²) in [6.45, 7) is 0. The zero-order chi connectivity index (χ0) is 19.7. The first-order chi connectivity index (χ1) is 13.7. The third-order valence-electron chi connectivity index (χ3n) is 4.19. The van der Waals surface area contributed by atoms with Crippen LogP contribution in [0.5, 0.6) is 0 Å². The topological polar surface area (TPSA) is 102 Å². The van der Waals surface area contributed by atoms with Gasteiger partial charge in [0.15, 0.2) is 0 Å². The molecule has 2 aromatic carbocycles. The fraction of sp³-hybridized carbons (Fsp3) is 0.0500. The van der Waals surface area contributed by atoms with Gasteiger partial charge in [0.1, 0.15) is 11.6 Å². The van der Waals surface area contributed by atoms with Gasteiger partial charge in [-0.3, -0.25) is 4.79 Å². The summed E-state index contributed by atoms with van der Waals surface area (Å²) in [6, 6.07) is 19.8. The molecule has 0 saturated carbocycles. The highest BCUT2D eigenvalue weighted by atomic mass is 16.5. The zero-order valence-corrected chi connectivity index (χ0v) is 14.7. The number of carbonyl (C=O) groups excluding carboxylic acids is 1. The Labute approximate surface area is 158 Å². The first kappa shape index (κ1) is 17.2. The molecular weight excluding hydrogens is 358 g/mol. The van der Waals surface area contributed by atoms with Crippen LogP contribution in [0.4, 0.5) is 0 Å². The second-order valence-electron chi connectivity index (χ2n) is 5.82. The van der Waals surface area contributed by atoms with E-state index in [0.717, 1.165) is 4.40 Å². The lowest BCUT2D eigenvalue weighted by molar-refractivity contribution is 0.0584. The Bertz CT molecular complexity index is 1280. The number of nitriles is 1. The highest BCUT2D eigenvalue weighted by Gasteiger charge is 2.25. The van der Waals surface area contributed by atoms with Crippen molar-refractivity contribution in [1.29, 1.82) is 5.26 Å². The van der Waals surface area contributed by atoms with Crippen molar-refractivity contribution < 1.29 is 9.53 Å². The number of aromatic nitrogens is 4. The van der Waals surface area contributed by atoms with Crippen molar-refractivity contribution in [2.24, 2.45) is 0 Å². The summed E-state index contributed by atoms with van der Waals surface area (Å²) in [5.74, 6) is -0.954. The number of para-hydroxylation sites is 1. The quantitative estimate of drug-likeness (QED) is 0.512. The molecule has 8 nitrogen and oxygen atoms in total. The molecule has 0 amide bonds. The molecule has 0 saturated heterocycles. The van der Waals surface area contributed by atoms with Crippen LogP contribution in [-0.4, -0.2) is 32.2 Å². The van der Waals surface area contributed by atoms with Crippen LogP contribution < -0.4 is 5.56 Å². The van der Waals surface area contributed by atoms with E-state index in [4.69, 9.17) is 4.74 Å². The second kappa shape index (κ2) is 6.81. The Hall–Kier alpha value is -4.25. The molecule has 2 heterocycles. The predicted octanol–water partition coefficient (Wildman–Crippen LogP) is 2.21. The van der Waals surface area contributed by atoms with Gasteiger partial charge in [0.2, 0.25) is 11.6 Å². The molecule has 0 radical (unpaired) electrons. The number of rotatable bonds is 3. The number of hydrogen-bond acceptors (Lipinski definition) is 6. The van der Waals surface area contributed by atoms with Crippen molar-refractivity contribution in [1.82, 2.24) is 19.2 Å². The van der Waals surface area contributed by atoms with E-state index < -0.39 is 11.5 Å². The van der Waals surface area contributed by atoms with E-state index >= 15 is 0 Å². The lowest BCUT2D eigenvalue weighted by Crippen LogP contribution is -2.23. The van der Waals surface area contributed by atoms with Crippen LogP contribution in [0, 0.1) is 11.3 Å². The minimum atomic E-state index is -0.806. The molecule has 0 aliphatic rings. The summed E-state index contributed by atoms with van der Waals surface area (Å²) in [6.07, 6.45) is 0. The molecule has 0 unspecified atom stereocenters. The summed E-state index contributed by atoms with van der Waals surface area (Å²) in [5, 5.41) is 13.8. The van der Waals surface area contributed by atoms with Crippen LogP contribution in [0.15, 0.2) is 65.5 Å². The average Bonchev–Trinajstić information content (AvgIpc) is 3.14. The molecule has 0 spiro atoms. The Morgan fingerprint density at radius 2 is 1.71 bits per heavy atom. The molecule has 0 aliphatic carbocycles. The lowest BCUT2D eigenvalue weighted by Gasteiger charge is -2.06. The normalized spacial score (nSPS) is 10.6. The van der Waals surface area contributed by atoms with Crippen LogP contribution in [0.25, 0.3) is 22.7 Å². The molecule has 28 heavy (non-hydrogen) atoms. The number of ether oxygens (including phenoxy) is 1. The largest absolute Gasteiger partial charge is 0.463 e. The molecule has 0 atom stereocenters. The summed E-state index contributed by atoms with van der Waals surface area (Å²) < 4.78 is 7.13. The fourth-order valence-corrected chi connectivity index (χ4v) is 2.90. The maximum absolute atomic E-state index is 13.1. The highest BCUT2D eigenvalue weighted by molar-refractivity contribution is 5.86. The number of carbonyl (C=O) groups is 1. The zero-order valence-electron chi connectivity index (χ0n) is 14.7. The van der Waals surface area contributed by atoms with Crippen molar-refractivity contribution in [3.05, 3.63) is 82.4 Å². The van der Waals surface area contributed by atoms with E-state index in [2.05, 4.69) is 10.1 Å². The lowest BCUT2D eigenvalue weighted by atomic mass is 10.1. The molecule has 4 rings (SSSR count). The van der Waals surface area contributed by atoms with Crippen LogP contribution in [0.2, 0.25) is 0 Å². The molecule has 136 valence electrons. The average molecular weight is 371 g/mol. The number of benzene rings is 2. The van der Waals surface area contributed by atoms with E-state index in [-0.39, 0.29) is 22.9 Å². The minimum absolute atomic E-state index is 0.106. The van der Waals surface area contributed by atoms with Gasteiger partial charge in [-0.05, 0) is 12.1 Å². The Kier molecular flexibility index (Phi) is 4.18. The van der Waals surface area contributed by atoms with E-state index in [0.29, 0.717) is 11.3 Å². The molecule has 4 aromatic rings. The van der Waals surface area contributed by atoms with Crippen LogP contribution >= 0.6 is 0 Å². The molecular formula is C20H13N5O3. The van der Waals surface area contributed by atoms with E-state index in [1.54, 1.807) is 48.5 Å². The highest BCUT2D eigenvalue weighted by Crippen LogP contribution is 2.21. The van der Waals surface area contributed by atoms with Gasteiger partial charge in [0, 0.05) is 5.56 Å². The molecule has 8 heteroatoms. The van der Waals surface area contributed by atoms with Gasteiger partial charge in [0.25, 0.3) is 5.56 Å². The number of fused-ring (bicyclic) bond motifs is 1. The van der Waals surface area contributed by atoms with Gasteiger partial charge in [-0.25, -0.2) is 14.2 Å². The van der Waals surface area contributed by atoms with Crippen LogP contribution in [0.1, 0.15) is 16.2 Å². The van der Waals surface area contributed by atoms with Gasteiger partial charge in [-0.2, -0.15) is 9.94 Å². The number of esters is 1. The van der Waals surface area contributed by atoms with E-state index in [1.807, 2.05) is 18.2 Å². The van der Waals surface area contributed by atoms with Crippen molar-refractivity contribution in [3.63, 3.8) is 0 Å². The third kappa shape index (κ3) is 2.62. The monoisotopic (exact) mass is 371 g/mol. The Balaban J connectivity index is 2.15. The first-order valence-corrected chi connectivity index (χ1v) is 8.30. The number of hydrogen-bond donors (Lipinski definition) is 0. The van der Waals surface area contributed by atoms with Gasteiger partial charge in [-0.15, -0.1) is 5.10 Å². The van der Waals surface area contributed by atoms with Gasteiger partial charge in [0.05, 0.1) is 18.5 Å². The van der Waals surface area contributed by atoms with E-state index in [1.165, 1.54) is 11.8 Å². The van der Waals surface area contributed by atoms with Crippen LogP contribution in [-0.2, 0) is 4.74 Å². The molecule has 0 fully saturated rings. The third-order valence-corrected chi connectivity index (χ3v) is 4.19. The smallest absolute Gasteiger partial charge is 0.376 e. The Morgan fingerprint density at radius 1 is 1.07 bits per heavy atom. The van der Waals surface area contributed by atoms with E-state index in [9.17, 15) is 14.9 Å². The Morgan fingerprint density at radius 3 is 2.32 bits per heavy atom. The maximum atomic E-state index is 13.1. The maximum Gasteiger partial charge on any atom is 0.376 e. The SMILES string of the molecule is COC(=O)c1nn(-c2ccccc2)c2nc(-c3ccccc3)c(C#N)c(=O)n12. The molecule has 0 bridgehead atoms. The molecule has 0 N–H and O–H groups in total. The summed E-state index contributed by atoms with van der Waals surface area (Å²) in [7, 11) is 1.19. The van der Waals surface area contributed by atoms with Gasteiger partial charge >= 0.3 is 5.97 Å². The fourth-order valence-electron chi connectivity index (χ4n) is 2.90. The van der Waals surface area contributed by atoms with Crippen LogP contribution in [0.3, 0.4) is 0 Å². The summed E-state index contributed by atoms with van der Waals surface area (Å²) in [4.78, 5) is 29.8. The molecule has 2 aromatic heterocycles. The number of methoxy groups -OCH3 is 1. The minimum Gasteiger partial charge on any atom is -0.463 e. The standard InChI is InChI=1S/C20H13N5O3/c1-28-19(27)17-23-25(14-10-6-3-7-11-14)20-22-16(13-8-4-2-5-9-13)15(12-21)18(26)24(17)20/h2-11H,1H3. The molecule has 0 aliphatic heterocycles. The second-order valence-corrected chi connectivity index (χ2v) is 5.82. The van der Waals surface area contributed by atoms with Crippen molar-refractivity contribution >= 4 is 11.7 Å². The first-order valence-electron chi connectivity index (χ1n) is 8.30. The van der Waals surface area contributed by atoms with Crippen molar-refractivity contribution in [2.45, 2.75) is 0 Å². The van der Waals surface area contributed by atoms with Gasteiger partial charge < -0.3 is 4.74 Å². The van der Waals surface area contributed by atoms with Crippen molar-refractivity contribution in [2.75, 3.05) is 7.11 Å². The number of nitrogens with zero attached hydrogens (tertiary/aromatic N) is 5. The van der Waals surface area contributed by atoms with Gasteiger partial charge in [-0.1, -0.05) is 48.5 Å². The predicted molar refractivity (Wildman–Crippen MR) is 100 cm³/mol.